The van der Waals surface area contributed by atoms with E-state index in [4.69, 9.17) is 0 Å². The fraction of sp³-hybridized carbons (Fsp3) is 0.344. The Bertz CT molecular complexity index is 1800. The lowest BCUT2D eigenvalue weighted by atomic mass is 9.91. The first-order chi connectivity index (χ1) is 20.8. The number of nitrogens with one attached hydrogen (secondary N) is 1. The van der Waals surface area contributed by atoms with Crippen molar-refractivity contribution in [2.45, 2.75) is 46.2 Å². The number of nitrogens with zero attached hydrogens (tertiary/aromatic N) is 4. The normalized spacial score (nSPS) is 20.8. The minimum absolute atomic E-state index is 0.0113. The Hall–Kier alpha value is -4.74. The summed E-state index contributed by atoms with van der Waals surface area (Å²) in [6, 6.07) is 4.00. The number of aryl methyl sites for hydroxylation is 2. The van der Waals surface area contributed by atoms with E-state index < -0.39 is 53.7 Å². The van der Waals surface area contributed by atoms with Crippen LogP contribution in [0.15, 0.2) is 48.9 Å². The summed E-state index contributed by atoms with van der Waals surface area (Å²) in [5.41, 5.74) is 1.08. The van der Waals surface area contributed by atoms with E-state index in [0.29, 0.717) is 22.5 Å². The van der Waals surface area contributed by atoms with Gasteiger partial charge in [-0.25, -0.2) is 23.1 Å². The van der Waals surface area contributed by atoms with Gasteiger partial charge in [-0.3, -0.25) is 18.8 Å². The molecule has 6 rings (SSSR count). The molecule has 0 radical (unpaired) electrons. The molecule has 9 nitrogen and oxygen atoms in total. The third-order valence-corrected chi connectivity index (χ3v) is 9.11. The highest BCUT2D eigenvalue weighted by Gasteiger charge is 2.69. The Morgan fingerprint density at radius 3 is 2.48 bits per heavy atom. The molecule has 1 aliphatic carbocycles. The number of carbonyl (C=O) groups excluding carboxylic acids is 2. The van der Waals surface area contributed by atoms with E-state index in [9.17, 15) is 23.9 Å². The maximum absolute atomic E-state index is 15.4. The number of halogens is 3. The van der Waals surface area contributed by atoms with Crippen LogP contribution in [0.4, 0.5) is 13.2 Å². The Kier molecular flexibility index (Phi) is 6.97. The molecule has 4 aromatic rings. The number of carboxylic acid groups (broad SMARTS) is 1. The lowest BCUT2D eigenvalue weighted by Crippen LogP contribution is -2.50. The van der Waals surface area contributed by atoms with Crippen LogP contribution in [0.2, 0.25) is 0 Å². The molecule has 2 amide bonds. The summed E-state index contributed by atoms with van der Waals surface area (Å²) < 4.78 is 46.0. The molecule has 2 aromatic heterocycles. The Labute approximate surface area is 250 Å². The molecule has 12 heteroatoms. The van der Waals surface area contributed by atoms with Crippen molar-refractivity contribution in [3.63, 3.8) is 0 Å². The maximum Gasteiger partial charge on any atom is 0.305 e. The predicted octanol–water partition coefficient (Wildman–Crippen LogP) is 4.86. The molecule has 2 N–H and O–H groups in total. The third-order valence-electron chi connectivity index (χ3n) is 9.11. The van der Waals surface area contributed by atoms with E-state index in [-0.39, 0.29) is 40.6 Å². The average molecular weight is 606 g/mol. The number of aliphatic carboxylic acids is 1. The SMILES string of the molecule is Cc1cc(F)cc(C)c1-c1cc(F)c(F)c([C@H](CC(=O)O)NC(=O)[C@@H]2[C@@H]3C(CN2C(=O)c2cn4cccnc4n2)C3(C)C)c1. The lowest BCUT2D eigenvalue weighted by Gasteiger charge is -2.31. The summed E-state index contributed by atoms with van der Waals surface area (Å²) in [6.45, 7) is 7.50. The van der Waals surface area contributed by atoms with Crippen LogP contribution in [0.3, 0.4) is 0 Å². The number of fused-ring (bicyclic) bond motifs is 2. The van der Waals surface area contributed by atoms with Crippen LogP contribution >= 0.6 is 0 Å². The molecule has 4 atom stereocenters. The molecule has 2 aliphatic rings. The van der Waals surface area contributed by atoms with E-state index in [0.717, 1.165) is 6.07 Å². The van der Waals surface area contributed by atoms with Gasteiger partial charge in [-0.15, -0.1) is 0 Å². The first kappa shape index (κ1) is 29.3. The zero-order valence-electron chi connectivity index (χ0n) is 24.4. The van der Waals surface area contributed by atoms with Gasteiger partial charge in [0.25, 0.3) is 5.91 Å². The van der Waals surface area contributed by atoms with Crippen molar-refractivity contribution in [3.05, 3.63) is 88.8 Å². The van der Waals surface area contributed by atoms with Gasteiger partial charge in [-0.1, -0.05) is 13.8 Å². The van der Waals surface area contributed by atoms with Crippen molar-refractivity contribution >= 4 is 23.6 Å². The number of piperidine rings is 1. The number of hydrogen-bond donors (Lipinski definition) is 2. The van der Waals surface area contributed by atoms with Gasteiger partial charge in [0.05, 0.1) is 12.5 Å². The molecule has 228 valence electrons. The zero-order chi connectivity index (χ0) is 31.7. The number of amides is 2. The summed E-state index contributed by atoms with van der Waals surface area (Å²) in [7, 11) is 0. The van der Waals surface area contributed by atoms with Crippen LogP contribution in [0, 0.1) is 48.5 Å². The second-order valence-corrected chi connectivity index (χ2v) is 12.2. The molecule has 2 fully saturated rings. The van der Waals surface area contributed by atoms with Gasteiger partial charge >= 0.3 is 5.97 Å². The number of rotatable bonds is 7. The number of benzene rings is 2. The van der Waals surface area contributed by atoms with Crippen molar-refractivity contribution < 1.29 is 32.7 Å². The molecular formula is C32H30F3N5O4. The van der Waals surface area contributed by atoms with Crippen molar-refractivity contribution in [2.24, 2.45) is 17.3 Å². The topological polar surface area (TPSA) is 117 Å². The molecule has 1 saturated heterocycles. The predicted molar refractivity (Wildman–Crippen MR) is 153 cm³/mol. The summed E-state index contributed by atoms with van der Waals surface area (Å²) in [6.07, 6.45) is 4.00. The van der Waals surface area contributed by atoms with Crippen LogP contribution in [-0.2, 0) is 9.59 Å². The Morgan fingerprint density at radius 2 is 1.82 bits per heavy atom. The van der Waals surface area contributed by atoms with Crippen molar-refractivity contribution in [1.29, 1.82) is 0 Å². The van der Waals surface area contributed by atoms with E-state index >= 15 is 8.78 Å². The highest BCUT2D eigenvalue weighted by atomic mass is 19.2. The van der Waals surface area contributed by atoms with Crippen molar-refractivity contribution in [1.82, 2.24) is 24.6 Å². The van der Waals surface area contributed by atoms with Gasteiger partial charge in [0.1, 0.15) is 17.6 Å². The zero-order valence-corrected chi connectivity index (χ0v) is 24.4. The van der Waals surface area contributed by atoms with Crippen LogP contribution in [-0.4, -0.2) is 54.7 Å². The molecule has 44 heavy (non-hydrogen) atoms. The van der Waals surface area contributed by atoms with Gasteiger partial charge in [-0.05, 0) is 83.7 Å². The van der Waals surface area contributed by atoms with E-state index in [1.165, 1.54) is 29.3 Å². The minimum Gasteiger partial charge on any atom is -0.481 e. The average Bonchev–Trinajstić information content (AvgIpc) is 3.32. The summed E-state index contributed by atoms with van der Waals surface area (Å²) >= 11 is 0. The van der Waals surface area contributed by atoms with Gasteiger partial charge in [0.2, 0.25) is 11.7 Å². The smallest absolute Gasteiger partial charge is 0.305 e. The molecule has 1 saturated carbocycles. The van der Waals surface area contributed by atoms with Crippen LogP contribution < -0.4 is 5.32 Å². The van der Waals surface area contributed by atoms with Gasteiger partial charge in [0, 0.05) is 30.7 Å². The molecule has 0 bridgehead atoms. The minimum atomic E-state index is -1.47. The molecule has 2 aromatic carbocycles. The standard InChI is InChI=1S/C32H30F3N5O4/c1-15-8-18(33)9-16(2)25(15)17-10-19(27(35)21(34)11-17)22(12-24(41)42)37-29(43)28-26-20(32(26,3)4)13-40(28)30(44)23-14-39-7-5-6-36-31(39)38-23/h5-11,14,20,22,26,28H,12-13H2,1-4H3,(H,37,43)(H,41,42)/t20?,22-,26-,28-/m0/s1. The van der Waals surface area contributed by atoms with Crippen molar-refractivity contribution in [2.75, 3.05) is 6.54 Å². The molecule has 0 spiro atoms. The first-order valence-electron chi connectivity index (χ1n) is 14.2. The van der Waals surface area contributed by atoms with Crippen LogP contribution in [0.1, 0.15) is 53.5 Å². The molecule has 3 heterocycles. The number of imidazole rings is 1. The fourth-order valence-corrected chi connectivity index (χ4v) is 6.92. The van der Waals surface area contributed by atoms with Crippen LogP contribution in [0.25, 0.3) is 16.9 Å². The summed E-state index contributed by atoms with van der Waals surface area (Å²) in [4.78, 5) is 49.3. The first-order valence-corrected chi connectivity index (χ1v) is 14.2. The second kappa shape index (κ2) is 10.5. The molecule has 1 unspecified atom stereocenters. The van der Waals surface area contributed by atoms with Gasteiger partial charge in [-0.2, -0.15) is 0 Å². The Morgan fingerprint density at radius 1 is 1.11 bits per heavy atom. The van der Waals surface area contributed by atoms with Crippen LogP contribution in [0.5, 0.6) is 0 Å². The maximum atomic E-state index is 15.4. The summed E-state index contributed by atoms with van der Waals surface area (Å²) in [5.74, 6) is -5.46. The quantitative estimate of drug-likeness (QED) is 0.311. The number of likely N-dealkylation sites (tertiary alicyclic amines) is 1. The summed E-state index contributed by atoms with van der Waals surface area (Å²) in [5, 5.41) is 12.3. The fourth-order valence-electron chi connectivity index (χ4n) is 6.92. The number of aromatic nitrogens is 3. The van der Waals surface area contributed by atoms with Gasteiger partial charge < -0.3 is 15.3 Å². The number of hydrogen-bond acceptors (Lipinski definition) is 5. The van der Waals surface area contributed by atoms with E-state index in [1.807, 2.05) is 13.8 Å². The third kappa shape index (κ3) is 4.87. The highest BCUT2D eigenvalue weighted by molar-refractivity contribution is 5.98. The second-order valence-electron chi connectivity index (χ2n) is 12.2. The largest absolute Gasteiger partial charge is 0.481 e. The Balaban J connectivity index is 1.35. The van der Waals surface area contributed by atoms with E-state index in [1.54, 1.807) is 36.7 Å². The highest BCUT2D eigenvalue weighted by Crippen LogP contribution is 2.65. The van der Waals surface area contributed by atoms with Gasteiger partial charge in [0.15, 0.2) is 11.6 Å². The lowest BCUT2D eigenvalue weighted by molar-refractivity contribution is -0.138. The van der Waals surface area contributed by atoms with E-state index in [2.05, 4.69) is 15.3 Å². The molecule has 1 aliphatic heterocycles. The number of carboxylic acids is 1. The monoisotopic (exact) mass is 605 g/mol. The molecular weight excluding hydrogens is 575 g/mol. The number of carbonyl (C=O) groups is 3. The van der Waals surface area contributed by atoms with Crippen molar-refractivity contribution in [3.8, 4) is 11.1 Å².